The number of alkyl carbamates (subject to hydrolysis) is 1. The third-order valence-corrected chi connectivity index (χ3v) is 6.70. The van der Waals surface area contributed by atoms with Crippen molar-refractivity contribution < 1.29 is 28.5 Å². The van der Waals surface area contributed by atoms with E-state index in [1.807, 2.05) is 67.8 Å². The van der Waals surface area contributed by atoms with Gasteiger partial charge in [-0.25, -0.2) is 14.1 Å². The van der Waals surface area contributed by atoms with E-state index >= 15 is 0 Å². The van der Waals surface area contributed by atoms with Crippen LogP contribution in [0.25, 0.3) is 22.4 Å². The number of hydrogen-bond acceptors (Lipinski definition) is 8. The molecule has 0 bridgehead atoms. The lowest BCUT2D eigenvalue weighted by molar-refractivity contribution is 0.0527. The Labute approximate surface area is 241 Å². The molecule has 220 valence electrons. The van der Waals surface area contributed by atoms with Crippen molar-refractivity contribution in [1.29, 1.82) is 0 Å². The summed E-state index contributed by atoms with van der Waals surface area (Å²) < 4.78 is 24.6. The highest BCUT2D eigenvalue weighted by Crippen LogP contribution is 2.38. The Bertz CT molecular complexity index is 1360. The minimum atomic E-state index is -0.499. The molecule has 3 aromatic rings. The van der Waals surface area contributed by atoms with E-state index in [2.05, 4.69) is 10.2 Å². The zero-order valence-corrected chi connectivity index (χ0v) is 24.4. The van der Waals surface area contributed by atoms with Crippen molar-refractivity contribution in [3.63, 3.8) is 0 Å². The fourth-order valence-electron chi connectivity index (χ4n) is 4.99. The van der Waals surface area contributed by atoms with Crippen molar-refractivity contribution in [3.05, 3.63) is 59.3 Å². The second-order valence-electron chi connectivity index (χ2n) is 9.39. The van der Waals surface area contributed by atoms with Crippen molar-refractivity contribution in [2.24, 2.45) is 0 Å². The predicted molar refractivity (Wildman–Crippen MR) is 158 cm³/mol. The van der Waals surface area contributed by atoms with E-state index in [-0.39, 0.29) is 13.2 Å². The van der Waals surface area contributed by atoms with E-state index in [0.29, 0.717) is 80.4 Å². The summed E-state index contributed by atoms with van der Waals surface area (Å²) in [5, 5.41) is 7.74. The second kappa shape index (κ2) is 14.5. The molecule has 1 amide bonds. The van der Waals surface area contributed by atoms with Gasteiger partial charge < -0.3 is 29.2 Å². The molecule has 10 nitrogen and oxygen atoms in total. The highest BCUT2D eigenvalue weighted by atomic mass is 16.5. The summed E-state index contributed by atoms with van der Waals surface area (Å²) in [5.41, 5.74) is 4.09. The van der Waals surface area contributed by atoms with Gasteiger partial charge in [0.1, 0.15) is 11.6 Å². The summed E-state index contributed by atoms with van der Waals surface area (Å²) in [6.07, 6.45) is 2.45. The molecule has 1 aromatic carbocycles. The molecule has 4 rings (SSSR count). The lowest BCUT2D eigenvalue weighted by Gasteiger charge is -2.28. The number of benzene rings is 1. The van der Waals surface area contributed by atoms with Crippen molar-refractivity contribution in [3.8, 4) is 11.1 Å². The number of aromatic nitrogens is 2. The van der Waals surface area contributed by atoms with Gasteiger partial charge in [-0.3, -0.25) is 0 Å². The van der Waals surface area contributed by atoms with Crippen LogP contribution in [0.3, 0.4) is 0 Å². The quantitative estimate of drug-likeness (QED) is 0.240. The highest BCUT2D eigenvalue weighted by Gasteiger charge is 2.31. The van der Waals surface area contributed by atoms with Crippen LogP contribution in [0.2, 0.25) is 0 Å². The topological polar surface area (TPSA) is 104 Å². The number of nitrogens with zero attached hydrogens (tertiary/aromatic N) is 3. The Kier molecular flexibility index (Phi) is 10.6. The number of hydrogen-bond donors (Lipinski definition) is 1. The van der Waals surface area contributed by atoms with Gasteiger partial charge in [0.25, 0.3) is 0 Å². The zero-order chi connectivity index (χ0) is 29.2. The van der Waals surface area contributed by atoms with Crippen molar-refractivity contribution >= 4 is 29.2 Å². The zero-order valence-electron chi connectivity index (χ0n) is 24.4. The first-order valence-corrected chi connectivity index (χ1v) is 14.4. The number of ether oxygens (including phenoxy) is 4. The summed E-state index contributed by atoms with van der Waals surface area (Å²) in [7, 11) is 0. The first-order chi connectivity index (χ1) is 20.0. The molecule has 1 aliphatic rings. The predicted octanol–water partition coefficient (Wildman–Crippen LogP) is 5.09. The van der Waals surface area contributed by atoms with Crippen LogP contribution >= 0.6 is 0 Å². The van der Waals surface area contributed by atoms with E-state index in [1.54, 1.807) is 6.92 Å². The Balaban J connectivity index is 2.05. The second-order valence-corrected chi connectivity index (χ2v) is 9.39. The third-order valence-electron chi connectivity index (χ3n) is 6.70. The largest absolute Gasteiger partial charge is 0.493 e. The molecule has 0 spiro atoms. The summed E-state index contributed by atoms with van der Waals surface area (Å²) in [5.74, 6) is 0.874. The maximum atomic E-state index is 13.8. The van der Waals surface area contributed by atoms with Crippen molar-refractivity contribution in [2.45, 2.75) is 40.5 Å². The van der Waals surface area contributed by atoms with Crippen molar-refractivity contribution in [1.82, 2.24) is 14.9 Å². The molecule has 0 aliphatic carbocycles. The van der Waals surface area contributed by atoms with Gasteiger partial charge in [-0.1, -0.05) is 37.3 Å². The molecule has 2 aromatic heterocycles. The van der Waals surface area contributed by atoms with Gasteiger partial charge in [0.2, 0.25) is 0 Å². The van der Waals surface area contributed by atoms with Crippen LogP contribution in [0, 0.1) is 0 Å². The number of anilines is 1. The first-order valence-electron chi connectivity index (χ1n) is 14.4. The molecular formula is C31H40N4O6. The molecule has 0 atom stereocenters. The van der Waals surface area contributed by atoms with Gasteiger partial charge in [-0.05, 0) is 44.9 Å². The number of carbonyl (C=O) groups excluding carboxylic acids is 2. The van der Waals surface area contributed by atoms with E-state index in [1.165, 1.54) is 0 Å². The molecule has 10 heteroatoms. The van der Waals surface area contributed by atoms with Crippen LogP contribution in [0.4, 0.5) is 10.6 Å². The van der Waals surface area contributed by atoms with Crippen LogP contribution < -0.4 is 10.2 Å². The number of allylic oxidation sites excluding steroid dienone is 1. The van der Waals surface area contributed by atoms with Gasteiger partial charge in [-0.2, -0.15) is 0 Å². The smallest absolute Gasteiger partial charge is 0.407 e. The lowest BCUT2D eigenvalue weighted by atomic mass is 10.00. The number of fused-ring (bicyclic) bond motifs is 1. The van der Waals surface area contributed by atoms with Gasteiger partial charge in [0, 0.05) is 31.6 Å². The molecule has 1 fully saturated rings. The van der Waals surface area contributed by atoms with Crippen molar-refractivity contribution in [2.75, 3.05) is 57.6 Å². The summed E-state index contributed by atoms with van der Waals surface area (Å²) in [6.45, 7) is 11.3. The van der Waals surface area contributed by atoms with Crippen LogP contribution in [0.5, 0.6) is 0 Å². The number of amides is 1. The number of esters is 1. The summed E-state index contributed by atoms with van der Waals surface area (Å²) >= 11 is 0. The number of carbonyl (C=O) groups is 2. The molecule has 0 unspecified atom stereocenters. The van der Waals surface area contributed by atoms with Crippen LogP contribution in [-0.4, -0.2) is 74.3 Å². The molecule has 41 heavy (non-hydrogen) atoms. The third kappa shape index (κ3) is 6.82. The van der Waals surface area contributed by atoms with Gasteiger partial charge in [0.05, 0.1) is 55.4 Å². The minimum Gasteiger partial charge on any atom is -0.493 e. The van der Waals surface area contributed by atoms with E-state index in [0.717, 1.165) is 16.9 Å². The molecule has 1 saturated heterocycles. The fourth-order valence-corrected chi connectivity index (χ4v) is 4.99. The SMILES string of the molecule is CC/C=C(/OCC)c1c(C(=O)OCC)c2c(-c3ccccc3)cc(N3CCOCC3)nn2c1CCOC(=O)NCC. The molecule has 1 aliphatic heterocycles. The van der Waals surface area contributed by atoms with Gasteiger partial charge >= 0.3 is 12.1 Å². The average Bonchev–Trinajstić information content (AvgIpc) is 3.32. The van der Waals surface area contributed by atoms with E-state index < -0.39 is 12.1 Å². The molecule has 0 radical (unpaired) electrons. The van der Waals surface area contributed by atoms with Crippen LogP contribution in [-0.2, 0) is 25.4 Å². The van der Waals surface area contributed by atoms with E-state index in [4.69, 9.17) is 24.0 Å². The summed E-state index contributed by atoms with van der Waals surface area (Å²) in [6, 6.07) is 12.0. The first kappa shape index (κ1) is 29.9. The van der Waals surface area contributed by atoms with Crippen LogP contribution in [0.15, 0.2) is 42.5 Å². The Morgan fingerprint density at radius 2 is 1.73 bits per heavy atom. The standard InChI is InChI=1S/C31H40N4O6/c1-5-12-25(39-7-3)27-24(15-18-41-31(37)32-6-2)35-29(28(27)30(36)40-8-4)23(22-13-10-9-11-14-22)21-26(33-35)34-16-19-38-20-17-34/h9-14,21H,5-8,15-20H2,1-4H3,(H,32,37)/b25-12+. The molecule has 1 N–H and O–H groups in total. The monoisotopic (exact) mass is 564 g/mol. The average molecular weight is 565 g/mol. The van der Waals surface area contributed by atoms with Gasteiger partial charge in [-0.15, -0.1) is 5.10 Å². The minimum absolute atomic E-state index is 0.0862. The maximum absolute atomic E-state index is 13.8. The Hall–Kier alpha value is -4.05. The van der Waals surface area contributed by atoms with Crippen LogP contribution in [0.1, 0.15) is 55.7 Å². The number of nitrogens with one attached hydrogen (secondary N) is 1. The lowest BCUT2D eigenvalue weighted by Crippen LogP contribution is -2.37. The molecule has 3 heterocycles. The summed E-state index contributed by atoms with van der Waals surface area (Å²) in [4.78, 5) is 28.1. The van der Waals surface area contributed by atoms with Gasteiger partial charge in [0.15, 0.2) is 0 Å². The molecule has 0 saturated carbocycles. The molecular weight excluding hydrogens is 524 g/mol. The highest BCUT2D eigenvalue weighted by molar-refractivity contribution is 6.07. The Morgan fingerprint density at radius 3 is 2.39 bits per heavy atom. The maximum Gasteiger partial charge on any atom is 0.407 e. The normalized spacial score (nSPS) is 13.8. The number of rotatable bonds is 12. The number of morpholine rings is 1. The fraction of sp³-hybridized carbons (Fsp3) is 0.452. The Morgan fingerprint density at radius 1 is 1.00 bits per heavy atom. The van der Waals surface area contributed by atoms with E-state index in [9.17, 15) is 9.59 Å².